The Morgan fingerprint density at radius 3 is 2.92 bits per heavy atom. The number of hydrogen-bond donors (Lipinski definition) is 0. The first kappa shape index (κ1) is 14.2. The molecule has 130 valence electrons. The Hall–Kier alpha value is -1.89. The standard InChI is InChI=1S/C25H24O/c1-13-8-21-23-17-6-7-25(21,12-17)20-5-4-15-9-14-2-3-16(22(13)23)10-18(14)11-19(15)24(20)26/h2-3,9-11,13,17,20,22H,4-8,12H2,1H3. The molecule has 0 radical (unpaired) electrons. The van der Waals surface area contributed by atoms with Gasteiger partial charge in [-0.05, 0) is 78.3 Å². The molecule has 5 unspecified atom stereocenters. The van der Waals surface area contributed by atoms with Gasteiger partial charge < -0.3 is 0 Å². The largest absolute Gasteiger partial charge is 0.294 e. The van der Waals surface area contributed by atoms with Crippen LogP contribution < -0.4 is 0 Å². The molecule has 0 heterocycles. The van der Waals surface area contributed by atoms with E-state index < -0.39 is 0 Å². The second-order valence-electron chi connectivity index (χ2n) is 9.76. The van der Waals surface area contributed by atoms with E-state index in [0.717, 1.165) is 24.3 Å². The van der Waals surface area contributed by atoms with Crippen molar-refractivity contribution >= 4 is 16.6 Å². The lowest BCUT2D eigenvalue weighted by Gasteiger charge is -2.40. The molecule has 2 aromatic rings. The Balaban J connectivity index is 1.62. The minimum absolute atomic E-state index is 0.212. The van der Waals surface area contributed by atoms with Gasteiger partial charge in [-0.1, -0.05) is 42.3 Å². The van der Waals surface area contributed by atoms with E-state index in [2.05, 4.69) is 37.3 Å². The second-order valence-corrected chi connectivity index (χ2v) is 9.76. The van der Waals surface area contributed by atoms with Crippen LogP contribution in [0.3, 0.4) is 0 Å². The number of benzene rings is 2. The third-order valence-corrected chi connectivity index (χ3v) is 8.77. The zero-order valence-electron chi connectivity index (χ0n) is 15.3. The molecule has 26 heavy (non-hydrogen) atoms. The third-order valence-electron chi connectivity index (χ3n) is 8.77. The topological polar surface area (TPSA) is 17.1 Å². The van der Waals surface area contributed by atoms with Gasteiger partial charge in [-0.2, -0.15) is 0 Å². The fourth-order valence-electron chi connectivity index (χ4n) is 7.83. The van der Waals surface area contributed by atoms with Gasteiger partial charge in [0.05, 0.1) is 0 Å². The maximum Gasteiger partial charge on any atom is 0.167 e. The summed E-state index contributed by atoms with van der Waals surface area (Å²) < 4.78 is 0. The van der Waals surface area contributed by atoms with E-state index in [1.165, 1.54) is 47.6 Å². The van der Waals surface area contributed by atoms with Crippen molar-refractivity contribution in [2.24, 2.45) is 23.2 Å². The normalized spacial score (nSPS) is 38.9. The van der Waals surface area contributed by atoms with Crippen molar-refractivity contribution in [1.29, 1.82) is 0 Å². The number of aryl methyl sites for hydroxylation is 1. The van der Waals surface area contributed by atoms with Crippen molar-refractivity contribution in [3.63, 3.8) is 0 Å². The maximum atomic E-state index is 13.7. The highest BCUT2D eigenvalue weighted by molar-refractivity contribution is 6.04. The van der Waals surface area contributed by atoms with E-state index in [4.69, 9.17) is 0 Å². The maximum absolute atomic E-state index is 13.7. The molecule has 0 aromatic heterocycles. The molecule has 0 N–H and O–H groups in total. The van der Waals surface area contributed by atoms with Crippen molar-refractivity contribution in [3.8, 4) is 0 Å². The quantitative estimate of drug-likeness (QED) is 0.552. The van der Waals surface area contributed by atoms with Crippen molar-refractivity contribution in [2.45, 2.75) is 51.4 Å². The lowest BCUT2D eigenvalue weighted by atomic mass is 9.62. The van der Waals surface area contributed by atoms with Crippen LogP contribution in [0.2, 0.25) is 0 Å². The zero-order chi connectivity index (χ0) is 17.2. The number of rotatable bonds is 0. The third kappa shape index (κ3) is 1.43. The number of ketones is 1. The molecule has 1 saturated carbocycles. The van der Waals surface area contributed by atoms with E-state index in [1.807, 2.05) is 0 Å². The van der Waals surface area contributed by atoms with Crippen LogP contribution in [-0.2, 0) is 6.42 Å². The predicted molar refractivity (Wildman–Crippen MR) is 103 cm³/mol. The molecule has 1 fully saturated rings. The molecule has 0 amide bonds. The smallest absolute Gasteiger partial charge is 0.167 e. The lowest BCUT2D eigenvalue weighted by Crippen LogP contribution is -2.38. The first-order chi connectivity index (χ1) is 12.7. The molecule has 9 bridgehead atoms. The number of allylic oxidation sites excluding steroid dienone is 2. The van der Waals surface area contributed by atoms with Crippen molar-refractivity contribution < 1.29 is 4.79 Å². The van der Waals surface area contributed by atoms with Crippen LogP contribution in [-0.4, -0.2) is 5.78 Å². The fraction of sp³-hybridized carbons (Fsp3) is 0.480. The van der Waals surface area contributed by atoms with E-state index in [1.54, 1.807) is 11.1 Å². The zero-order valence-corrected chi connectivity index (χ0v) is 15.3. The first-order valence-corrected chi connectivity index (χ1v) is 10.5. The molecule has 2 aromatic carbocycles. The van der Waals surface area contributed by atoms with Crippen LogP contribution in [0.4, 0.5) is 0 Å². The van der Waals surface area contributed by atoms with Gasteiger partial charge in [0.1, 0.15) is 0 Å². The van der Waals surface area contributed by atoms with Gasteiger partial charge in [0.15, 0.2) is 5.78 Å². The average molecular weight is 340 g/mol. The molecule has 1 spiro atoms. The van der Waals surface area contributed by atoms with Crippen LogP contribution in [0.1, 0.15) is 66.4 Å². The van der Waals surface area contributed by atoms with Gasteiger partial charge in [-0.25, -0.2) is 0 Å². The molecule has 0 saturated heterocycles. The number of hydrogen-bond acceptors (Lipinski definition) is 1. The van der Waals surface area contributed by atoms with Crippen LogP contribution in [0, 0.1) is 23.2 Å². The fourth-order valence-corrected chi connectivity index (χ4v) is 7.83. The molecule has 7 rings (SSSR count). The molecule has 5 aliphatic rings. The molecular formula is C25H24O. The van der Waals surface area contributed by atoms with E-state index in [0.29, 0.717) is 17.6 Å². The Morgan fingerprint density at radius 1 is 1.08 bits per heavy atom. The summed E-state index contributed by atoms with van der Waals surface area (Å²) in [4.78, 5) is 13.7. The highest BCUT2D eigenvalue weighted by Gasteiger charge is 2.60. The average Bonchev–Trinajstić information content (AvgIpc) is 3.30. The van der Waals surface area contributed by atoms with Gasteiger partial charge in [0.2, 0.25) is 0 Å². The van der Waals surface area contributed by atoms with Crippen LogP contribution in [0.15, 0.2) is 41.5 Å². The minimum Gasteiger partial charge on any atom is -0.294 e. The summed E-state index contributed by atoms with van der Waals surface area (Å²) in [5.41, 5.74) is 7.57. The summed E-state index contributed by atoms with van der Waals surface area (Å²) in [5.74, 6) is 2.75. The molecule has 5 atom stereocenters. The van der Waals surface area contributed by atoms with Crippen molar-refractivity contribution in [2.75, 3.05) is 0 Å². The summed E-state index contributed by atoms with van der Waals surface area (Å²) in [6.07, 6.45) is 7.24. The Morgan fingerprint density at radius 2 is 2.00 bits per heavy atom. The molecule has 0 aliphatic heterocycles. The van der Waals surface area contributed by atoms with E-state index in [9.17, 15) is 4.79 Å². The van der Waals surface area contributed by atoms with Gasteiger partial charge in [-0.15, -0.1) is 0 Å². The lowest BCUT2D eigenvalue weighted by molar-refractivity contribution is 0.0768. The summed E-state index contributed by atoms with van der Waals surface area (Å²) >= 11 is 0. The van der Waals surface area contributed by atoms with Crippen LogP contribution >= 0.6 is 0 Å². The van der Waals surface area contributed by atoms with E-state index >= 15 is 0 Å². The summed E-state index contributed by atoms with van der Waals surface area (Å²) in [5, 5.41) is 2.59. The number of carbonyl (C=O) groups excluding carboxylic acids is 1. The predicted octanol–water partition coefficient (Wildman–Crippen LogP) is 5.82. The Labute approximate surface area is 154 Å². The first-order valence-electron chi connectivity index (χ1n) is 10.5. The van der Waals surface area contributed by atoms with Gasteiger partial charge in [-0.3, -0.25) is 4.79 Å². The summed E-state index contributed by atoms with van der Waals surface area (Å²) in [6, 6.07) is 11.6. The number of Topliss-reactive ketones (excluding diaryl/α,β-unsaturated/α-hetero) is 1. The van der Waals surface area contributed by atoms with Crippen LogP contribution in [0.5, 0.6) is 0 Å². The SMILES string of the molecule is CC1CC2=C3C4CCC2(C4)C2CCc4cc5ccc(cc5cc4C2=O)C31. The molecule has 1 nitrogen and oxygen atoms in total. The highest BCUT2D eigenvalue weighted by Crippen LogP contribution is 2.70. The van der Waals surface area contributed by atoms with Gasteiger partial charge in [0.25, 0.3) is 0 Å². The Kier molecular flexibility index (Phi) is 2.36. The molecule has 5 aliphatic carbocycles. The van der Waals surface area contributed by atoms with Crippen molar-refractivity contribution in [3.05, 3.63) is 58.2 Å². The highest BCUT2D eigenvalue weighted by atomic mass is 16.1. The monoisotopic (exact) mass is 340 g/mol. The van der Waals surface area contributed by atoms with Crippen LogP contribution in [0.25, 0.3) is 10.8 Å². The van der Waals surface area contributed by atoms with Gasteiger partial charge >= 0.3 is 0 Å². The van der Waals surface area contributed by atoms with Gasteiger partial charge in [0, 0.05) is 22.8 Å². The minimum atomic E-state index is 0.212. The summed E-state index contributed by atoms with van der Waals surface area (Å²) in [7, 11) is 0. The van der Waals surface area contributed by atoms with Crippen molar-refractivity contribution in [1.82, 2.24) is 0 Å². The number of fused-ring (bicyclic) bond motifs is 4. The molecule has 1 heteroatoms. The summed E-state index contributed by atoms with van der Waals surface area (Å²) in [6.45, 7) is 2.45. The Bertz CT molecular complexity index is 1060. The number of carbonyl (C=O) groups is 1. The second kappa shape index (κ2) is 4.32. The molecular weight excluding hydrogens is 316 g/mol. The van der Waals surface area contributed by atoms with E-state index in [-0.39, 0.29) is 11.3 Å².